The smallest absolute Gasteiger partial charge is 0.176 e. The largest absolute Gasteiger partial charge is 0.335 e. The van der Waals surface area contributed by atoms with Crippen molar-refractivity contribution in [3.8, 4) is 11.4 Å². The minimum absolute atomic E-state index is 0.246. The Morgan fingerprint density at radius 2 is 2.06 bits per heavy atom. The van der Waals surface area contributed by atoms with Gasteiger partial charge in [-0.05, 0) is 31.2 Å². The number of hydrogen-bond donors (Lipinski definition) is 1. The first kappa shape index (κ1) is 10.0. The molecule has 0 saturated heterocycles. The second-order valence-corrected chi connectivity index (χ2v) is 3.79. The molecule has 17 heavy (non-hydrogen) atoms. The topological polar surface area (TPSA) is 46.5 Å². The van der Waals surface area contributed by atoms with E-state index in [1.54, 1.807) is 18.3 Å². The molecule has 0 radical (unpaired) electrons. The lowest BCUT2D eigenvalue weighted by Gasteiger charge is -1.96. The summed E-state index contributed by atoms with van der Waals surface area (Å²) >= 11 is 0. The van der Waals surface area contributed by atoms with Gasteiger partial charge in [-0.2, -0.15) is 5.10 Å². The normalized spacial score (nSPS) is 11.2. The van der Waals surface area contributed by atoms with Crippen LogP contribution < -0.4 is 0 Å². The maximum absolute atomic E-state index is 12.8. The summed E-state index contributed by atoms with van der Waals surface area (Å²) in [5.41, 5.74) is 2.59. The Morgan fingerprint density at radius 3 is 2.76 bits per heavy atom. The van der Waals surface area contributed by atoms with Gasteiger partial charge < -0.3 is 4.98 Å². The molecule has 3 rings (SSSR count). The Labute approximate surface area is 97.1 Å². The number of rotatable bonds is 2. The number of aromatic nitrogens is 4. The first-order valence-corrected chi connectivity index (χ1v) is 5.45. The van der Waals surface area contributed by atoms with Gasteiger partial charge in [0.2, 0.25) is 0 Å². The molecule has 0 spiro atoms. The van der Waals surface area contributed by atoms with Crippen LogP contribution >= 0.6 is 0 Å². The standard InChI is InChI=1S/C12H11FN4/c1-2-17-12-10(7-14-17)15-11(16-12)8-3-5-9(13)6-4-8/h3-7H,2H2,1H3,(H,15,16). The quantitative estimate of drug-likeness (QED) is 0.735. The summed E-state index contributed by atoms with van der Waals surface area (Å²) in [5.74, 6) is 0.490. The highest BCUT2D eigenvalue weighted by Gasteiger charge is 2.09. The van der Waals surface area contributed by atoms with E-state index >= 15 is 0 Å². The van der Waals surface area contributed by atoms with Crippen molar-refractivity contribution in [2.45, 2.75) is 13.5 Å². The van der Waals surface area contributed by atoms with Gasteiger partial charge in [0.05, 0.1) is 6.20 Å². The fraction of sp³-hybridized carbons (Fsp3) is 0.167. The van der Waals surface area contributed by atoms with E-state index < -0.39 is 0 Å². The third kappa shape index (κ3) is 1.60. The second-order valence-electron chi connectivity index (χ2n) is 3.79. The lowest BCUT2D eigenvalue weighted by atomic mass is 10.2. The molecule has 0 aliphatic heterocycles. The average molecular weight is 230 g/mol. The van der Waals surface area contributed by atoms with Gasteiger partial charge in [-0.1, -0.05) is 0 Å². The van der Waals surface area contributed by atoms with Crippen molar-refractivity contribution >= 4 is 11.2 Å². The first-order chi connectivity index (χ1) is 8.28. The number of fused-ring (bicyclic) bond motifs is 1. The molecule has 4 nitrogen and oxygen atoms in total. The van der Waals surface area contributed by atoms with E-state index in [-0.39, 0.29) is 5.82 Å². The minimum Gasteiger partial charge on any atom is -0.335 e. The fourth-order valence-corrected chi connectivity index (χ4v) is 1.82. The molecule has 0 saturated carbocycles. The number of H-pyrrole nitrogens is 1. The van der Waals surface area contributed by atoms with Gasteiger partial charge in [0, 0.05) is 12.1 Å². The number of imidazole rings is 1. The molecule has 2 heterocycles. The molecular formula is C12H11FN4. The number of nitrogens with zero attached hydrogens (tertiary/aromatic N) is 3. The van der Waals surface area contributed by atoms with E-state index in [0.717, 1.165) is 29.1 Å². The van der Waals surface area contributed by atoms with Gasteiger partial charge in [-0.25, -0.2) is 14.1 Å². The van der Waals surface area contributed by atoms with E-state index in [4.69, 9.17) is 0 Å². The van der Waals surface area contributed by atoms with Crippen LogP contribution in [0.5, 0.6) is 0 Å². The van der Waals surface area contributed by atoms with Gasteiger partial charge in [-0.3, -0.25) is 0 Å². The van der Waals surface area contributed by atoms with E-state index in [1.807, 2.05) is 11.6 Å². The Balaban J connectivity index is 2.11. The van der Waals surface area contributed by atoms with Crippen molar-refractivity contribution in [3.05, 3.63) is 36.3 Å². The summed E-state index contributed by atoms with van der Waals surface area (Å²) in [4.78, 5) is 7.64. The maximum atomic E-state index is 12.8. The molecular weight excluding hydrogens is 219 g/mol. The van der Waals surface area contributed by atoms with Gasteiger partial charge in [0.1, 0.15) is 17.2 Å². The summed E-state index contributed by atoms with van der Waals surface area (Å²) in [6.45, 7) is 2.79. The van der Waals surface area contributed by atoms with Crippen LogP contribution in [0.4, 0.5) is 4.39 Å². The van der Waals surface area contributed by atoms with Crippen LogP contribution in [0, 0.1) is 5.82 Å². The predicted molar refractivity (Wildman–Crippen MR) is 62.9 cm³/mol. The zero-order chi connectivity index (χ0) is 11.8. The van der Waals surface area contributed by atoms with Crippen LogP contribution in [0.25, 0.3) is 22.6 Å². The molecule has 1 N–H and O–H groups in total. The molecule has 86 valence electrons. The van der Waals surface area contributed by atoms with Crippen LogP contribution in [0.15, 0.2) is 30.5 Å². The molecule has 3 aromatic rings. The summed E-state index contributed by atoms with van der Waals surface area (Å²) < 4.78 is 14.6. The SMILES string of the molecule is CCn1ncc2[nH]c(-c3ccc(F)cc3)nc21. The van der Waals surface area contributed by atoms with Gasteiger partial charge in [0.25, 0.3) is 0 Å². The van der Waals surface area contributed by atoms with Crippen LogP contribution in [-0.4, -0.2) is 19.7 Å². The molecule has 2 aromatic heterocycles. The van der Waals surface area contributed by atoms with E-state index in [0.29, 0.717) is 0 Å². The van der Waals surface area contributed by atoms with Gasteiger partial charge >= 0.3 is 0 Å². The lowest BCUT2D eigenvalue weighted by molar-refractivity contribution is 0.628. The van der Waals surface area contributed by atoms with Crippen molar-refractivity contribution in [1.82, 2.24) is 19.7 Å². The third-order valence-corrected chi connectivity index (χ3v) is 2.70. The molecule has 0 amide bonds. The maximum Gasteiger partial charge on any atom is 0.176 e. The first-order valence-electron chi connectivity index (χ1n) is 5.45. The number of aromatic amines is 1. The van der Waals surface area contributed by atoms with Crippen molar-refractivity contribution in [3.63, 3.8) is 0 Å². The lowest BCUT2D eigenvalue weighted by Crippen LogP contribution is -1.96. The Kier molecular flexibility index (Phi) is 2.18. The molecule has 0 unspecified atom stereocenters. The Hall–Kier alpha value is -2.17. The molecule has 1 aromatic carbocycles. The number of hydrogen-bond acceptors (Lipinski definition) is 2. The Morgan fingerprint density at radius 1 is 1.29 bits per heavy atom. The number of nitrogens with one attached hydrogen (secondary N) is 1. The van der Waals surface area contributed by atoms with Crippen LogP contribution in [0.3, 0.4) is 0 Å². The van der Waals surface area contributed by atoms with Crippen LogP contribution in [0.2, 0.25) is 0 Å². The van der Waals surface area contributed by atoms with E-state index in [9.17, 15) is 4.39 Å². The van der Waals surface area contributed by atoms with Gasteiger partial charge in [0.15, 0.2) is 5.65 Å². The highest BCUT2D eigenvalue weighted by Crippen LogP contribution is 2.20. The molecule has 0 atom stereocenters. The predicted octanol–water partition coefficient (Wildman–Crippen LogP) is 2.59. The van der Waals surface area contributed by atoms with Crippen molar-refractivity contribution in [2.75, 3.05) is 0 Å². The van der Waals surface area contributed by atoms with Crippen LogP contribution in [0.1, 0.15) is 6.92 Å². The van der Waals surface area contributed by atoms with Crippen molar-refractivity contribution in [1.29, 1.82) is 0 Å². The number of aryl methyl sites for hydroxylation is 1. The zero-order valence-electron chi connectivity index (χ0n) is 9.31. The second kappa shape index (κ2) is 3.69. The molecule has 0 fully saturated rings. The van der Waals surface area contributed by atoms with Gasteiger partial charge in [-0.15, -0.1) is 0 Å². The summed E-state index contributed by atoms with van der Waals surface area (Å²) in [7, 11) is 0. The third-order valence-electron chi connectivity index (χ3n) is 2.70. The minimum atomic E-state index is -0.246. The van der Waals surface area contributed by atoms with Crippen molar-refractivity contribution < 1.29 is 4.39 Å². The molecule has 5 heteroatoms. The highest BCUT2D eigenvalue weighted by molar-refractivity contribution is 5.75. The summed E-state index contributed by atoms with van der Waals surface area (Å²) in [6.07, 6.45) is 1.75. The van der Waals surface area contributed by atoms with Crippen molar-refractivity contribution in [2.24, 2.45) is 0 Å². The zero-order valence-corrected chi connectivity index (χ0v) is 9.31. The summed E-state index contributed by atoms with van der Waals surface area (Å²) in [6, 6.07) is 6.26. The highest BCUT2D eigenvalue weighted by atomic mass is 19.1. The summed E-state index contributed by atoms with van der Waals surface area (Å²) in [5, 5.41) is 4.19. The van der Waals surface area contributed by atoms with E-state index in [2.05, 4.69) is 15.1 Å². The average Bonchev–Trinajstić information content (AvgIpc) is 2.89. The number of halogens is 1. The Bertz CT molecular complexity index is 651. The molecule has 0 aliphatic carbocycles. The van der Waals surface area contributed by atoms with Crippen LogP contribution in [-0.2, 0) is 6.54 Å². The van der Waals surface area contributed by atoms with E-state index in [1.165, 1.54) is 12.1 Å². The fourth-order valence-electron chi connectivity index (χ4n) is 1.82. The molecule has 0 aliphatic rings. The number of benzene rings is 1. The molecule has 0 bridgehead atoms. The monoisotopic (exact) mass is 230 g/mol.